The van der Waals surface area contributed by atoms with Gasteiger partial charge in [-0.2, -0.15) is 0 Å². The molecule has 1 unspecified atom stereocenters. The SMILES string of the molecule is c1cc(-c2cc[nH]c2)nc(CC2CCNC2)n1. The van der Waals surface area contributed by atoms with Gasteiger partial charge in [0.2, 0.25) is 0 Å². The van der Waals surface area contributed by atoms with Crippen molar-refractivity contribution < 1.29 is 0 Å². The lowest BCUT2D eigenvalue weighted by atomic mass is 10.0. The van der Waals surface area contributed by atoms with E-state index in [1.165, 1.54) is 6.42 Å². The fourth-order valence-corrected chi connectivity index (χ4v) is 2.29. The zero-order valence-electron chi connectivity index (χ0n) is 9.69. The summed E-state index contributed by atoms with van der Waals surface area (Å²) >= 11 is 0. The third-order valence-corrected chi connectivity index (χ3v) is 3.23. The maximum atomic E-state index is 4.62. The van der Waals surface area contributed by atoms with Gasteiger partial charge in [0.05, 0.1) is 5.69 Å². The van der Waals surface area contributed by atoms with Gasteiger partial charge in [0.15, 0.2) is 0 Å². The fourth-order valence-electron chi connectivity index (χ4n) is 2.29. The van der Waals surface area contributed by atoms with Crippen LogP contribution in [-0.2, 0) is 6.42 Å². The zero-order valence-corrected chi connectivity index (χ0v) is 9.69. The summed E-state index contributed by atoms with van der Waals surface area (Å²) in [7, 11) is 0. The van der Waals surface area contributed by atoms with Gasteiger partial charge in [-0.25, -0.2) is 9.97 Å². The second kappa shape index (κ2) is 4.67. The molecule has 17 heavy (non-hydrogen) atoms. The molecular formula is C13H16N4. The molecule has 0 radical (unpaired) electrons. The van der Waals surface area contributed by atoms with E-state index in [0.29, 0.717) is 5.92 Å². The molecule has 1 aliphatic heterocycles. The number of hydrogen-bond acceptors (Lipinski definition) is 3. The van der Waals surface area contributed by atoms with Gasteiger partial charge >= 0.3 is 0 Å². The highest BCUT2D eigenvalue weighted by Crippen LogP contribution is 2.17. The molecule has 1 fully saturated rings. The lowest BCUT2D eigenvalue weighted by Gasteiger charge is -2.07. The first-order valence-corrected chi connectivity index (χ1v) is 6.07. The number of nitrogens with one attached hydrogen (secondary N) is 2. The van der Waals surface area contributed by atoms with Crippen LogP contribution in [0.25, 0.3) is 11.3 Å². The summed E-state index contributed by atoms with van der Waals surface area (Å²) in [5.74, 6) is 1.65. The van der Waals surface area contributed by atoms with Gasteiger partial charge in [-0.15, -0.1) is 0 Å². The largest absolute Gasteiger partial charge is 0.367 e. The second-order valence-electron chi connectivity index (χ2n) is 4.52. The van der Waals surface area contributed by atoms with Gasteiger partial charge in [0.1, 0.15) is 5.82 Å². The van der Waals surface area contributed by atoms with Crippen molar-refractivity contribution in [1.29, 1.82) is 0 Å². The van der Waals surface area contributed by atoms with Crippen molar-refractivity contribution in [3.8, 4) is 11.3 Å². The van der Waals surface area contributed by atoms with Crippen molar-refractivity contribution in [2.24, 2.45) is 5.92 Å². The molecule has 3 rings (SSSR count). The van der Waals surface area contributed by atoms with Gasteiger partial charge in [-0.05, 0) is 37.6 Å². The number of H-pyrrole nitrogens is 1. The van der Waals surface area contributed by atoms with Crippen LogP contribution in [0, 0.1) is 5.92 Å². The molecule has 2 aromatic heterocycles. The fraction of sp³-hybridized carbons (Fsp3) is 0.385. The van der Waals surface area contributed by atoms with E-state index in [9.17, 15) is 0 Å². The highest BCUT2D eigenvalue weighted by atomic mass is 14.9. The highest BCUT2D eigenvalue weighted by molar-refractivity contribution is 5.57. The van der Waals surface area contributed by atoms with Crippen molar-refractivity contribution in [2.75, 3.05) is 13.1 Å². The molecule has 0 bridgehead atoms. The summed E-state index contributed by atoms with van der Waals surface area (Å²) in [6, 6.07) is 3.99. The van der Waals surface area contributed by atoms with Gasteiger partial charge in [0, 0.05) is 30.6 Å². The third-order valence-electron chi connectivity index (χ3n) is 3.23. The number of aromatic nitrogens is 3. The Morgan fingerprint density at radius 1 is 1.35 bits per heavy atom. The highest BCUT2D eigenvalue weighted by Gasteiger charge is 2.16. The van der Waals surface area contributed by atoms with Crippen LogP contribution in [0.2, 0.25) is 0 Å². The summed E-state index contributed by atoms with van der Waals surface area (Å²) in [5, 5.41) is 3.37. The molecule has 1 aliphatic rings. The quantitative estimate of drug-likeness (QED) is 0.839. The maximum absolute atomic E-state index is 4.62. The molecule has 2 N–H and O–H groups in total. The average molecular weight is 228 g/mol. The molecule has 0 amide bonds. The number of hydrogen-bond donors (Lipinski definition) is 2. The lowest BCUT2D eigenvalue weighted by molar-refractivity contribution is 0.561. The molecule has 4 heteroatoms. The lowest BCUT2D eigenvalue weighted by Crippen LogP contribution is -2.12. The Balaban J connectivity index is 1.79. The van der Waals surface area contributed by atoms with E-state index in [0.717, 1.165) is 36.6 Å². The summed E-state index contributed by atoms with van der Waals surface area (Å²) in [5.41, 5.74) is 2.13. The van der Waals surface area contributed by atoms with E-state index in [4.69, 9.17) is 0 Å². The molecule has 1 saturated heterocycles. The molecule has 0 aromatic carbocycles. The molecule has 3 heterocycles. The molecule has 0 saturated carbocycles. The smallest absolute Gasteiger partial charge is 0.129 e. The van der Waals surface area contributed by atoms with Gasteiger partial charge in [0.25, 0.3) is 0 Å². The van der Waals surface area contributed by atoms with Crippen molar-refractivity contribution in [3.05, 3.63) is 36.5 Å². The van der Waals surface area contributed by atoms with Crippen molar-refractivity contribution in [3.63, 3.8) is 0 Å². The zero-order chi connectivity index (χ0) is 11.5. The Hall–Kier alpha value is -1.68. The van der Waals surface area contributed by atoms with Gasteiger partial charge < -0.3 is 10.3 Å². The molecule has 1 atom stereocenters. The monoisotopic (exact) mass is 228 g/mol. The topological polar surface area (TPSA) is 53.6 Å². The van der Waals surface area contributed by atoms with Gasteiger partial charge in [-0.1, -0.05) is 0 Å². The molecular weight excluding hydrogens is 212 g/mol. The van der Waals surface area contributed by atoms with E-state index < -0.39 is 0 Å². The van der Waals surface area contributed by atoms with Crippen LogP contribution in [0.5, 0.6) is 0 Å². The minimum absolute atomic E-state index is 0.691. The van der Waals surface area contributed by atoms with Crippen LogP contribution in [0.15, 0.2) is 30.7 Å². The average Bonchev–Trinajstić information content (AvgIpc) is 3.01. The van der Waals surface area contributed by atoms with Gasteiger partial charge in [-0.3, -0.25) is 0 Å². The van der Waals surface area contributed by atoms with E-state index in [-0.39, 0.29) is 0 Å². The maximum Gasteiger partial charge on any atom is 0.129 e. The molecule has 4 nitrogen and oxygen atoms in total. The van der Waals surface area contributed by atoms with Crippen molar-refractivity contribution in [2.45, 2.75) is 12.8 Å². The standard InChI is InChI=1S/C13H16N4/c1-4-14-8-10(1)7-13-16-6-3-12(17-13)11-2-5-15-9-11/h2-3,5-6,9-10,14-15H,1,4,7-8H2. The number of aromatic amines is 1. The van der Waals surface area contributed by atoms with Crippen LogP contribution in [0.1, 0.15) is 12.2 Å². The first-order valence-electron chi connectivity index (χ1n) is 6.07. The Morgan fingerprint density at radius 3 is 3.12 bits per heavy atom. The van der Waals surface area contributed by atoms with E-state index in [1.54, 1.807) is 0 Å². The minimum atomic E-state index is 0.691. The Labute approximate surface area is 101 Å². The van der Waals surface area contributed by atoms with Crippen molar-refractivity contribution >= 4 is 0 Å². The predicted molar refractivity (Wildman–Crippen MR) is 66.5 cm³/mol. The molecule has 2 aromatic rings. The first-order chi connectivity index (χ1) is 8.42. The van der Waals surface area contributed by atoms with Crippen molar-refractivity contribution in [1.82, 2.24) is 20.3 Å². The van der Waals surface area contributed by atoms with Crippen LogP contribution in [0.4, 0.5) is 0 Å². The third kappa shape index (κ3) is 2.36. The molecule has 0 spiro atoms. The van der Waals surface area contributed by atoms with Crippen LogP contribution >= 0.6 is 0 Å². The first kappa shape index (κ1) is 10.5. The summed E-state index contributed by atoms with van der Waals surface area (Å²) in [6.07, 6.45) is 7.94. The van der Waals surface area contributed by atoms with E-state index >= 15 is 0 Å². The van der Waals surface area contributed by atoms with E-state index in [1.807, 2.05) is 30.7 Å². The normalized spacial score (nSPS) is 19.6. The van der Waals surface area contributed by atoms with Crippen LogP contribution in [-0.4, -0.2) is 28.0 Å². The predicted octanol–water partition coefficient (Wildman–Crippen LogP) is 1.62. The summed E-state index contributed by atoms with van der Waals surface area (Å²) < 4.78 is 0. The minimum Gasteiger partial charge on any atom is -0.367 e. The Morgan fingerprint density at radius 2 is 2.35 bits per heavy atom. The number of rotatable bonds is 3. The Kier molecular flexibility index (Phi) is 2.88. The van der Waals surface area contributed by atoms with E-state index in [2.05, 4.69) is 20.3 Å². The molecule has 0 aliphatic carbocycles. The van der Waals surface area contributed by atoms with Crippen LogP contribution < -0.4 is 5.32 Å². The second-order valence-corrected chi connectivity index (χ2v) is 4.52. The number of nitrogens with zero attached hydrogens (tertiary/aromatic N) is 2. The molecule has 88 valence electrons. The summed E-state index contributed by atoms with van der Waals surface area (Å²) in [6.45, 7) is 2.22. The van der Waals surface area contributed by atoms with Crippen LogP contribution in [0.3, 0.4) is 0 Å². The summed E-state index contributed by atoms with van der Waals surface area (Å²) in [4.78, 5) is 12.0. The Bertz CT molecular complexity index is 472.